The fourth-order valence-electron chi connectivity index (χ4n) is 3.65. The molecule has 0 radical (unpaired) electrons. The highest BCUT2D eigenvalue weighted by molar-refractivity contribution is 14.1. The lowest BCUT2D eigenvalue weighted by Crippen LogP contribution is -2.48. The van der Waals surface area contributed by atoms with E-state index in [0.717, 1.165) is 36.1 Å². The smallest absolute Gasteiger partial charge is 0.410 e. The fourth-order valence-corrected chi connectivity index (χ4v) is 4.16. The van der Waals surface area contributed by atoms with Crippen molar-refractivity contribution in [3.05, 3.63) is 84.1 Å². The van der Waals surface area contributed by atoms with Crippen molar-refractivity contribution in [3.63, 3.8) is 0 Å². The van der Waals surface area contributed by atoms with Gasteiger partial charge >= 0.3 is 6.09 Å². The fraction of sp³-hybridized carbons (Fsp3) is 0.375. The lowest BCUT2D eigenvalue weighted by atomic mass is 9.97. The number of hydrogen-bond acceptors (Lipinski definition) is 3. The predicted octanol–water partition coefficient (Wildman–Crippen LogP) is 6.10. The Morgan fingerprint density at radius 3 is 2.34 bits per heavy atom. The van der Waals surface area contributed by atoms with Crippen LogP contribution in [0.15, 0.2) is 73.0 Å². The van der Waals surface area contributed by atoms with Gasteiger partial charge in [0, 0.05) is 6.54 Å². The first kappa shape index (κ1) is 21.7. The highest BCUT2D eigenvalue weighted by atomic mass is 127. The zero-order valence-corrected chi connectivity index (χ0v) is 19.0. The zero-order valence-electron chi connectivity index (χ0n) is 16.8. The van der Waals surface area contributed by atoms with Gasteiger partial charge in [0.2, 0.25) is 0 Å². The summed E-state index contributed by atoms with van der Waals surface area (Å²) in [5.41, 5.74) is 2.05. The van der Waals surface area contributed by atoms with E-state index in [1.807, 2.05) is 65.6 Å². The van der Waals surface area contributed by atoms with E-state index < -0.39 is 0 Å². The quantitative estimate of drug-likeness (QED) is 0.337. The van der Waals surface area contributed by atoms with Crippen molar-refractivity contribution in [1.29, 1.82) is 0 Å². The minimum absolute atomic E-state index is 0.0634. The van der Waals surface area contributed by atoms with Crippen LogP contribution in [0, 0.1) is 0 Å². The maximum absolute atomic E-state index is 13.1. The Bertz CT molecular complexity index is 796. The summed E-state index contributed by atoms with van der Waals surface area (Å²) in [5, 5.41) is 0. The maximum Gasteiger partial charge on any atom is 0.410 e. The van der Waals surface area contributed by atoms with Crippen LogP contribution in [0.2, 0.25) is 0 Å². The first-order valence-electron chi connectivity index (χ1n) is 10.1. The van der Waals surface area contributed by atoms with Gasteiger partial charge in [-0.25, -0.2) is 4.79 Å². The van der Waals surface area contributed by atoms with E-state index in [0.29, 0.717) is 10.5 Å². The SMILES string of the molecule is C=C1O[C@H]([C@@H](CC)N(Cc2ccccc2)C(=O)OCc2ccccc2)CCC1I. The van der Waals surface area contributed by atoms with Crippen molar-refractivity contribution < 1.29 is 14.3 Å². The number of benzene rings is 2. The number of hydrogen-bond donors (Lipinski definition) is 0. The van der Waals surface area contributed by atoms with Gasteiger partial charge in [-0.05, 0) is 30.4 Å². The van der Waals surface area contributed by atoms with E-state index >= 15 is 0 Å². The number of allylic oxidation sites excluding steroid dienone is 1. The van der Waals surface area contributed by atoms with Crippen LogP contribution >= 0.6 is 22.6 Å². The molecule has 0 bridgehead atoms. The first-order valence-corrected chi connectivity index (χ1v) is 11.3. The largest absolute Gasteiger partial charge is 0.492 e. The molecule has 0 N–H and O–H groups in total. The third kappa shape index (κ3) is 5.98. The van der Waals surface area contributed by atoms with Gasteiger partial charge in [0.25, 0.3) is 0 Å². The third-order valence-corrected chi connectivity index (χ3v) is 6.56. The van der Waals surface area contributed by atoms with Crippen LogP contribution in [-0.4, -0.2) is 27.1 Å². The second-order valence-corrected chi connectivity index (χ2v) is 8.80. The first-order chi connectivity index (χ1) is 14.1. The van der Waals surface area contributed by atoms with Crippen molar-refractivity contribution in [2.45, 2.75) is 55.4 Å². The lowest BCUT2D eigenvalue weighted by Gasteiger charge is -2.39. The second kappa shape index (κ2) is 10.7. The predicted molar refractivity (Wildman–Crippen MR) is 124 cm³/mol. The molecule has 1 unspecified atom stereocenters. The summed E-state index contributed by atoms with van der Waals surface area (Å²) < 4.78 is 12.2. The zero-order chi connectivity index (χ0) is 20.6. The van der Waals surface area contributed by atoms with Crippen LogP contribution in [-0.2, 0) is 22.6 Å². The number of carbonyl (C=O) groups is 1. The van der Waals surface area contributed by atoms with Crippen LogP contribution in [0.4, 0.5) is 4.79 Å². The summed E-state index contributed by atoms with van der Waals surface area (Å²) in [6, 6.07) is 19.7. The molecule has 2 aromatic rings. The second-order valence-electron chi connectivity index (χ2n) is 7.30. The Morgan fingerprint density at radius 1 is 1.14 bits per heavy atom. The molecule has 3 rings (SSSR count). The number of halogens is 1. The Hall–Kier alpha value is -2.02. The summed E-state index contributed by atoms with van der Waals surface area (Å²) in [6.07, 6.45) is 2.33. The highest BCUT2D eigenvalue weighted by Crippen LogP contribution is 2.32. The highest BCUT2D eigenvalue weighted by Gasteiger charge is 2.35. The number of rotatable bonds is 7. The number of nitrogens with zero attached hydrogens (tertiary/aromatic N) is 1. The lowest BCUT2D eigenvalue weighted by molar-refractivity contribution is -0.00800. The molecule has 1 heterocycles. The molecular weight excluding hydrogens is 477 g/mol. The van der Waals surface area contributed by atoms with Gasteiger partial charge in [0.15, 0.2) is 0 Å². The van der Waals surface area contributed by atoms with E-state index in [1.165, 1.54) is 0 Å². The molecule has 2 aromatic carbocycles. The molecule has 0 saturated carbocycles. The summed E-state index contributed by atoms with van der Waals surface area (Å²) >= 11 is 2.37. The maximum atomic E-state index is 13.1. The minimum Gasteiger partial charge on any atom is -0.492 e. The molecule has 1 aliphatic heterocycles. The van der Waals surface area contributed by atoms with Gasteiger partial charge in [0.05, 0.1) is 9.97 Å². The number of carbonyl (C=O) groups excluding carboxylic acids is 1. The number of amides is 1. The van der Waals surface area contributed by atoms with Gasteiger partial charge in [0.1, 0.15) is 18.5 Å². The molecule has 3 atom stereocenters. The summed E-state index contributed by atoms with van der Waals surface area (Å²) in [6.45, 7) is 6.91. The van der Waals surface area contributed by atoms with Crippen molar-refractivity contribution in [3.8, 4) is 0 Å². The standard InChI is InChI=1S/C24H28INO3/c1-3-22(23-15-14-21(25)18(2)29-23)26(16-19-10-6-4-7-11-19)24(27)28-17-20-12-8-5-9-13-20/h4-13,21-23H,2-3,14-17H2,1H3/t21?,22-,23+/m1/s1. The molecule has 0 aliphatic carbocycles. The van der Waals surface area contributed by atoms with Crippen LogP contribution < -0.4 is 0 Å². The van der Waals surface area contributed by atoms with Crippen LogP contribution in [0.5, 0.6) is 0 Å². The summed E-state index contributed by atoms with van der Waals surface area (Å²) in [7, 11) is 0. The molecule has 29 heavy (non-hydrogen) atoms. The minimum atomic E-state index is -0.310. The van der Waals surface area contributed by atoms with E-state index in [2.05, 4.69) is 36.1 Å². The molecule has 1 amide bonds. The number of alkyl halides is 1. The monoisotopic (exact) mass is 505 g/mol. The van der Waals surface area contributed by atoms with E-state index in [1.54, 1.807) is 0 Å². The van der Waals surface area contributed by atoms with Crippen LogP contribution in [0.1, 0.15) is 37.3 Å². The van der Waals surface area contributed by atoms with Crippen molar-refractivity contribution in [2.75, 3.05) is 0 Å². The number of ether oxygens (including phenoxy) is 2. The Balaban J connectivity index is 1.77. The Kier molecular flexibility index (Phi) is 7.98. The van der Waals surface area contributed by atoms with Crippen molar-refractivity contribution >= 4 is 28.7 Å². The van der Waals surface area contributed by atoms with E-state index in [9.17, 15) is 4.79 Å². The van der Waals surface area contributed by atoms with Gasteiger partial charge < -0.3 is 9.47 Å². The Labute approximate surface area is 187 Å². The summed E-state index contributed by atoms with van der Waals surface area (Å²) in [4.78, 5) is 15.0. The molecule has 1 fully saturated rings. The normalized spacial score (nSPS) is 19.9. The molecule has 4 nitrogen and oxygen atoms in total. The van der Waals surface area contributed by atoms with Crippen LogP contribution in [0.3, 0.4) is 0 Å². The third-order valence-electron chi connectivity index (χ3n) is 5.24. The molecule has 154 valence electrons. The van der Waals surface area contributed by atoms with Gasteiger partial charge in [-0.3, -0.25) is 4.90 Å². The van der Waals surface area contributed by atoms with E-state index in [-0.39, 0.29) is 24.8 Å². The van der Waals surface area contributed by atoms with E-state index in [4.69, 9.17) is 9.47 Å². The molecular formula is C24H28INO3. The molecule has 0 aromatic heterocycles. The molecule has 0 spiro atoms. The van der Waals surface area contributed by atoms with Crippen LogP contribution in [0.25, 0.3) is 0 Å². The average molecular weight is 505 g/mol. The van der Waals surface area contributed by atoms with Crippen molar-refractivity contribution in [1.82, 2.24) is 4.90 Å². The molecule has 1 aliphatic rings. The average Bonchev–Trinajstić information content (AvgIpc) is 2.75. The molecule has 5 heteroatoms. The summed E-state index contributed by atoms with van der Waals surface area (Å²) in [5.74, 6) is 0.803. The Morgan fingerprint density at radius 2 is 1.76 bits per heavy atom. The van der Waals surface area contributed by atoms with Crippen molar-refractivity contribution in [2.24, 2.45) is 0 Å². The van der Waals surface area contributed by atoms with Gasteiger partial charge in [-0.2, -0.15) is 0 Å². The molecule has 1 saturated heterocycles. The van der Waals surface area contributed by atoms with Gasteiger partial charge in [-0.15, -0.1) is 0 Å². The topological polar surface area (TPSA) is 38.8 Å². The van der Waals surface area contributed by atoms with Gasteiger partial charge in [-0.1, -0.05) is 96.8 Å².